The van der Waals surface area contributed by atoms with Crippen LogP contribution in [0.5, 0.6) is 0 Å². The Balaban J connectivity index is -0.000000845. The van der Waals surface area contributed by atoms with Crippen LogP contribution in [0.25, 0.3) is 0 Å². The molecular weight excluding hydrogens is 228 g/mol. The number of hydrogen-bond acceptors (Lipinski definition) is 5. The standard InChI is InChI=1S/C9H18O4S.2CH4/c1-2-3-11-4-5-12-6-7-13-9(10)8-14;;/h14H,2-8H2,1H3;2*1H4. The fourth-order valence-corrected chi connectivity index (χ4v) is 0.818. The van der Waals surface area contributed by atoms with Crippen LogP contribution in [0.3, 0.4) is 0 Å². The first-order valence-corrected chi connectivity index (χ1v) is 5.36. The number of carbonyl (C=O) groups is 1. The van der Waals surface area contributed by atoms with E-state index in [0.29, 0.717) is 19.8 Å². The summed E-state index contributed by atoms with van der Waals surface area (Å²) in [4.78, 5) is 10.6. The van der Waals surface area contributed by atoms with E-state index in [0.717, 1.165) is 13.0 Å². The van der Waals surface area contributed by atoms with Crippen molar-refractivity contribution in [3.63, 3.8) is 0 Å². The van der Waals surface area contributed by atoms with Gasteiger partial charge in [0, 0.05) is 6.61 Å². The zero-order valence-electron chi connectivity index (χ0n) is 8.53. The van der Waals surface area contributed by atoms with Gasteiger partial charge in [-0.05, 0) is 6.42 Å². The van der Waals surface area contributed by atoms with E-state index in [4.69, 9.17) is 14.2 Å². The highest BCUT2D eigenvalue weighted by molar-refractivity contribution is 7.81. The molecule has 0 unspecified atom stereocenters. The number of thiol groups is 1. The van der Waals surface area contributed by atoms with Gasteiger partial charge in [-0.1, -0.05) is 21.8 Å². The van der Waals surface area contributed by atoms with Crippen LogP contribution in [0.2, 0.25) is 0 Å². The lowest BCUT2D eigenvalue weighted by Gasteiger charge is -2.05. The van der Waals surface area contributed by atoms with Gasteiger partial charge in [0.1, 0.15) is 6.61 Å². The minimum Gasteiger partial charge on any atom is -0.463 e. The molecule has 0 spiro atoms. The molecule has 0 saturated heterocycles. The maximum atomic E-state index is 10.6. The van der Waals surface area contributed by atoms with E-state index < -0.39 is 0 Å². The normalized spacial score (nSPS) is 8.88. The number of carbonyl (C=O) groups excluding carboxylic acids is 1. The van der Waals surface area contributed by atoms with Crippen LogP contribution in [0.4, 0.5) is 0 Å². The van der Waals surface area contributed by atoms with Crippen molar-refractivity contribution in [1.82, 2.24) is 0 Å². The van der Waals surface area contributed by atoms with E-state index in [1.165, 1.54) is 0 Å². The Labute approximate surface area is 105 Å². The minimum atomic E-state index is -0.320. The van der Waals surface area contributed by atoms with E-state index in [1.807, 2.05) is 0 Å². The Morgan fingerprint density at radius 3 is 2.00 bits per heavy atom. The molecular formula is C11H26O4S. The molecule has 0 aliphatic rings. The van der Waals surface area contributed by atoms with Gasteiger partial charge in [0.05, 0.1) is 25.6 Å². The first-order chi connectivity index (χ1) is 6.81. The molecule has 0 aliphatic heterocycles. The predicted octanol–water partition coefficient (Wildman–Crippen LogP) is 2.17. The van der Waals surface area contributed by atoms with Crippen molar-refractivity contribution in [3.05, 3.63) is 0 Å². The predicted molar refractivity (Wildman–Crippen MR) is 70.2 cm³/mol. The molecule has 0 radical (unpaired) electrons. The Hall–Kier alpha value is -0.260. The van der Waals surface area contributed by atoms with Crippen molar-refractivity contribution in [2.24, 2.45) is 0 Å². The van der Waals surface area contributed by atoms with Crippen molar-refractivity contribution in [3.8, 4) is 0 Å². The second kappa shape index (κ2) is 17.1. The third-order valence-corrected chi connectivity index (χ3v) is 1.60. The van der Waals surface area contributed by atoms with Crippen LogP contribution in [-0.2, 0) is 19.0 Å². The summed E-state index contributed by atoms with van der Waals surface area (Å²) in [6.07, 6.45) is 1.01. The summed E-state index contributed by atoms with van der Waals surface area (Å²) in [6, 6.07) is 0. The molecule has 16 heavy (non-hydrogen) atoms. The van der Waals surface area contributed by atoms with Crippen LogP contribution in [-0.4, -0.2) is 44.8 Å². The Morgan fingerprint density at radius 2 is 1.50 bits per heavy atom. The number of esters is 1. The summed E-state index contributed by atoms with van der Waals surface area (Å²) >= 11 is 3.76. The Bertz CT molecular complexity index is 142. The number of hydrogen-bond donors (Lipinski definition) is 1. The molecule has 0 saturated carbocycles. The van der Waals surface area contributed by atoms with E-state index in [2.05, 4.69) is 19.6 Å². The van der Waals surface area contributed by atoms with Crippen molar-refractivity contribution >= 4 is 18.6 Å². The molecule has 5 heteroatoms. The minimum absolute atomic E-state index is 0. The van der Waals surface area contributed by atoms with Crippen LogP contribution >= 0.6 is 12.6 Å². The first-order valence-electron chi connectivity index (χ1n) is 4.73. The highest BCUT2D eigenvalue weighted by atomic mass is 32.1. The van der Waals surface area contributed by atoms with E-state index >= 15 is 0 Å². The maximum Gasteiger partial charge on any atom is 0.315 e. The van der Waals surface area contributed by atoms with Gasteiger partial charge in [-0.3, -0.25) is 4.79 Å². The van der Waals surface area contributed by atoms with Crippen molar-refractivity contribution in [1.29, 1.82) is 0 Å². The van der Waals surface area contributed by atoms with Gasteiger partial charge in [0.15, 0.2) is 0 Å². The average molecular weight is 254 g/mol. The highest BCUT2D eigenvalue weighted by Gasteiger charge is 1.97. The van der Waals surface area contributed by atoms with Gasteiger partial charge in [-0.25, -0.2) is 0 Å². The SMILES string of the molecule is C.C.CCCOCCOCCOC(=O)CS. The lowest BCUT2D eigenvalue weighted by molar-refractivity contribution is -0.142. The first kappa shape index (κ1) is 21.1. The van der Waals surface area contributed by atoms with Gasteiger partial charge < -0.3 is 14.2 Å². The van der Waals surface area contributed by atoms with Crippen LogP contribution in [0.1, 0.15) is 28.2 Å². The van der Waals surface area contributed by atoms with E-state index in [-0.39, 0.29) is 33.2 Å². The molecule has 4 nitrogen and oxygen atoms in total. The summed E-state index contributed by atoms with van der Waals surface area (Å²) in [5.74, 6) is -0.209. The monoisotopic (exact) mass is 254 g/mol. The molecule has 0 fully saturated rings. The molecule has 0 amide bonds. The molecule has 0 heterocycles. The molecule has 0 N–H and O–H groups in total. The van der Waals surface area contributed by atoms with Crippen molar-refractivity contribution in [2.75, 3.05) is 38.8 Å². The summed E-state index contributed by atoms with van der Waals surface area (Å²) in [7, 11) is 0. The Morgan fingerprint density at radius 1 is 1.00 bits per heavy atom. The molecule has 0 rings (SSSR count). The lowest BCUT2D eigenvalue weighted by atomic mass is 10.5. The third kappa shape index (κ3) is 16.2. The topological polar surface area (TPSA) is 44.8 Å². The number of ether oxygens (including phenoxy) is 3. The van der Waals surface area contributed by atoms with Gasteiger partial charge in [0.2, 0.25) is 0 Å². The quantitative estimate of drug-likeness (QED) is 0.389. The summed E-state index contributed by atoms with van der Waals surface area (Å²) < 4.78 is 15.1. The molecule has 100 valence electrons. The van der Waals surface area contributed by atoms with Gasteiger partial charge in [-0.2, -0.15) is 12.6 Å². The van der Waals surface area contributed by atoms with Crippen molar-refractivity contribution < 1.29 is 19.0 Å². The molecule has 0 aromatic heterocycles. The second-order valence-electron chi connectivity index (χ2n) is 2.60. The van der Waals surface area contributed by atoms with E-state index in [9.17, 15) is 4.79 Å². The zero-order valence-corrected chi connectivity index (χ0v) is 9.42. The van der Waals surface area contributed by atoms with E-state index in [1.54, 1.807) is 0 Å². The zero-order chi connectivity index (χ0) is 10.6. The molecule has 0 atom stereocenters. The third-order valence-electron chi connectivity index (χ3n) is 1.34. The lowest BCUT2D eigenvalue weighted by Crippen LogP contribution is -2.13. The smallest absolute Gasteiger partial charge is 0.315 e. The molecule has 0 bridgehead atoms. The van der Waals surface area contributed by atoms with Crippen LogP contribution in [0, 0.1) is 0 Å². The fourth-order valence-electron chi connectivity index (χ4n) is 0.726. The summed E-state index contributed by atoms with van der Waals surface area (Å²) in [5, 5.41) is 0. The van der Waals surface area contributed by atoms with Crippen molar-refractivity contribution in [2.45, 2.75) is 28.2 Å². The molecule has 0 aromatic carbocycles. The fraction of sp³-hybridized carbons (Fsp3) is 0.909. The van der Waals surface area contributed by atoms with Gasteiger partial charge in [0.25, 0.3) is 0 Å². The molecule has 0 aliphatic carbocycles. The second-order valence-corrected chi connectivity index (χ2v) is 2.92. The highest BCUT2D eigenvalue weighted by Crippen LogP contribution is 1.85. The molecule has 0 aromatic rings. The summed E-state index contributed by atoms with van der Waals surface area (Å²) in [5.41, 5.74) is 0. The maximum absolute atomic E-state index is 10.6. The van der Waals surface area contributed by atoms with Gasteiger partial charge in [-0.15, -0.1) is 0 Å². The van der Waals surface area contributed by atoms with Gasteiger partial charge >= 0.3 is 5.97 Å². The van der Waals surface area contributed by atoms with Crippen LogP contribution < -0.4 is 0 Å². The summed E-state index contributed by atoms with van der Waals surface area (Å²) in [6.45, 7) is 4.64. The largest absolute Gasteiger partial charge is 0.463 e. The number of rotatable bonds is 9. The van der Waals surface area contributed by atoms with Crippen LogP contribution in [0.15, 0.2) is 0 Å². The Kier molecular flexibility index (Phi) is 22.6. The average Bonchev–Trinajstić information content (AvgIpc) is 2.21.